The molecule has 0 amide bonds. The number of ether oxygens (including phenoxy) is 1. The third-order valence-electron chi connectivity index (χ3n) is 3.98. The van der Waals surface area contributed by atoms with Crippen LogP contribution in [-0.4, -0.2) is 35.5 Å². The molecule has 7 heteroatoms. The van der Waals surface area contributed by atoms with Gasteiger partial charge in [0.25, 0.3) is 0 Å². The van der Waals surface area contributed by atoms with Crippen LogP contribution in [0.4, 0.5) is 14.7 Å². The number of hydrogen-bond donors (Lipinski definition) is 1. The zero-order chi connectivity index (χ0) is 19.2. The lowest BCUT2D eigenvalue weighted by molar-refractivity contribution is 0.310. The average Bonchev–Trinajstić information content (AvgIpc) is 2.64. The van der Waals surface area contributed by atoms with Crippen LogP contribution in [-0.2, 0) is 0 Å². The van der Waals surface area contributed by atoms with Crippen molar-refractivity contribution in [2.75, 3.05) is 26.0 Å². The zero-order valence-corrected chi connectivity index (χ0v) is 15.1. The first-order valence-corrected chi connectivity index (χ1v) is 8.43. The van der Waals surface area contributed by atoms with E-state index in [-0.39, 0.29) is 17.7 Å². The maximum atomic E-state index is 13.5. The average molecular weight is 370 g/mol. The molecular formula is C20H20F2N4O. The Morgan fingerprint density at radius 1 is 1.04 bits per heavy atom. The number of nitrogens with one attached hydrogen (secondary N) is 1. The van der Waals surface area contributed by atoms with Crippen molar-refractivity contribution in [2.24, 2.45) is 0 Å². The molecule has 2 aromatic carbocycles. The van der Waals surface area contributed by atoms with Crippen LogP contribution in [0.2, 0.25) is 0 Å². The lowest BCUT2D eigenvalue weighted by Crippen LogP contribution is -2.27. The zero-order valence-electron chi connectivity index (χ0n) is 15.1. The van der Waals surface area contributed by atoms with Crippen molar-refractivity contribution in [3.05, 3.63) is 78.0 Å². The molecule has 27 heavy (non-hydrogen) atoms. The highest BCUT2D eigenvalue weighted by Gasteiger charge is 2.15. The second-order valence-electron chi connectivity index (χ2n) is 6.19. The number of nitrogens with zero attached hydrogens (tertiary/aromatic N) is 3. The van der Waals surface area contributed by atoms with Crippen LogP contribution in [0, 0.1) is 11.6 Å². The molecule has 0 bridgehead atoms. The molecule has 0 aliphatic heterocycles. The van der Waals surface area contributed by atoms with Crippen LogP contribution >= 0.6 is 0 Å². The first-order chi connectivity index (χ1) is 13.0. The van der Waals surface area contributed by atoms with Gasteiger partial charge in [-0.3, -0.25) is 0 Å². The molecule has 1 unspecified atom stereocenters. The van der Waals surface area contributed by atoms with Crippen molar-refractivity contribution >= 4 is 5.95 Å². The van der Waals surface area contributed by atoms with E-state index in [1.54, 1.807) is 18.3 Å². The molecule has 0 spiro atoms. The van der Waals surface area contributed by atoms with Gasteiger partial charge in [0.1, 0.15) is 17.4 Å². The molecule has 5 nitrogen and oxygen atoms in total. The summed E-state index contributed by atoms with van der Waals surface area (Å²) in [6.45, 7) is 0.483. The molecule has 0 fully saturated rings. The summed E-state index contributed by atoms with van der Waals surface area (Å²) >= 11 is 0. The Hall–Kier alpha value is -3.06. The van der Waals surface area contributed by atoms with Gasteiger partial charge in [-0.25, -0.2) is 13.8 Å². The number of aromatic nitrogens is 2. The van der Waals surface area contributed by atoms with Gasteiger partial charge in [0.05, 0.1) is 6.04 Å². The lowest BCUT2D eigenvalue weighted by atomic mass is 10.1. The molecule has 3 aromatic rings. The standard InChI is InChI=1S/C20H20F2N4O/c1-26(2)18(14-4-3-5-16(22)12-14)13-24-20-23-11-10-19(25-20)27-17-8-6-15(21)7-9-17/h3-12,18H,13H2,1-2H3,(H,23,24,25). The summed E-state index contributed by atoms with van der Waals surface area (Å²) in [7, 11) is 3.85. The van der Waals surface area contributed by atoms with Gasteiger partial charge in [-0.15, -0.1) is 0 Å². The Morgan fingerprint density at radius 2 is 1.81 bits per heavy atom. The second kappa shape index (κ2) is 8.55. The number of anilines is 1. The van der Waals surface area contributed by atoms with E-state index in [9.17, 15) is 8.78 Å². The van der Waals surface area contributed by atoms with Gasteiger partial charge in [-0.2, -0.15) is 4.98 Å². The molecule has 1 atom stereocenters. The fourth-order valence-corrected chi connectivity index (χ4v) is 2.61. The summed E-state index contributed by atoms with van der Waals surface area (Å²) in [4.78, 5) is 10.5. The number of hydrogen-bond acceptors (Lipinski definition) is 5. The maximum absolute atomic E-state index is 13.5. The quantitative estimate of drug-likeness (QED) is 0.673. The maximum Gasteiger partial charge on any atom is 0.226 e. The van der Waals surface area contributed by atoms with E-state index in [2.05, 4.69) is 15.3 Å². The minimum atomic E-state index is -0.334. The highest BCUT2D eigenvalue weighted by Crippen LogP contribution is 2.22. The van der Waals surface area contributed by atoms with E-state index < -0.39 is 0 Å². The second-order valence-corrected chi connectivity index (χ2v) is 6.19. The van der Waals surface area contributed by atoms with Crippen molar-refractivity contribution in [3.8, 4) is 11.6 Å². The number of likely N-dealkylation sites (N-methyl/N-ethyl adjacent to an activating group) is 1. The molecule has 3 rings (SSSR count). The normalized spacial score (nSPS) is 12.0. The van der Waals surface area contributed by atoms with Crippen molar-refractivity contribution in [1.29, 1.82) is 0 Å². The Balaban J connectivity index is 1.68. The van der Waals surface area contributed by atoms with E-state index in [1.165, 1.54) is 36.4 Å². The van der Waals surface area contributed by atoms with Crippen molar-refractivity contribution in [1.82, 2.24) is 14.9 Å². The van der Waals surface area contributed by atoms with E-state index in [0.717, 1.165) is 5.56 Å². The predicted molar refractivity (Wildman–Crippen MR) is 99.8 cm³/mol. The number of rotatable bonds is 7. The summed E-state index contributed by atoms with van der Waals surface area (Å²) in [5.74, 6) is 0.598. The molecule has 0 saturated heterocycles. The van der Waals surface area contributed by atoms with Crippen LogP contribution in [0.15, 0.2) is 60.8 Å². The molecule has 1 heterocycles. The summed E-state index contributed by atoms with van der Waals surface area (Å²) in [5, 5.41) is 3.15. The van der Waals surface area contributed by atoms with E-state index in [0.29, 0.717) is 24.1 Å². The van der Waals surface area contributed by atoms with Gasteiger partial charge >= 0.3 is 0 Å². The smallest absolute Gasteiger partial charge is 0.226 e. The minimum Gasteiger partial charge on any atom is -0.439 e. The Labute approximate surface area is 156 Å². The van der Waals surface area contributed by atoms with Crippen molar-refractivity contribution < 1.29 is 13.5 Å². The minimum absolute atomic E-state index is 0.0639. The van der Waals surface area contributed by atoms with Crippen LogP contribution in [0.1, 0.15) is 11.6 Å². The Bertz CT molecular complexity index is 887. The van der Waals surface area contributed by atoms with Crippen LogP contribution in [0.3, 0.4) is 0 Å². The Kier molecular flexibility index (Phi) is 5.93. The highest BCUT2D eigenvalue weighted by atomic mass is 19.1. The van der Waals surface area contributed by atoms with Gasteiger partial charge in [0.15, 0.2) is 0 Å². The third-order valence-corrected chi connectivity index (χ3v) is 3.98. The Morgan fingerprint density at radius 3 is 2.52 bits per heavy atom. The monoisotopic (exact) mass is 370 g/mol. The van der Waals surface area contributed by atoms with Gasteiger partial charge in [0.2, 0.25) is 11.8 Å². The number of benzene rings is 2. The molecule has 0 saturated carbocycles. The molecule has 1 aromatic heterocycles. The van der Waals surface area contributed by atoms with Gasteiger partial charge in [-0.1, -0.05) is 12.1 Å². The SMILES string of the molecule is CN(C)C(CNc1nccc(Oc2ccc(F)cc2)n1)c1cccc(F)c1. The lowest BCUT2D eigenvalue weighted by Gasteiger charge is -2.25. The summed E-state index contributed by atoms with van der Waals surface area (Å²) in [6.07, 6.45) is 1.57. The van der Waals surface area contributed by atoms with Gasteiger partial charge in [0, 0.05) is 18.8 Å². The molecule has 1 N–H and O–H groups in total. The fraction of sp³-hybridized carbons (Fsp3) is 0.200. The van der Waals surface area contributed by atoms with Gasteiger partial charge in [-0.05, 0) is 56.1 Å². The summed E-state index contributed by atoms with van der Waals surface area (Å²) < 4.78 is 32.1. The van der Waals surface area contributed by atoms with Crippen LogP contribution in [0.5, 0.6) is 11.6 Å². The molecule has 0 aliphatic rings. The molecule has 0 radical (unpaired) electrons. The largest absolute Gasteiger partial charge is 0.439 e. The number of halogens is 2. The predicted octanol–water partition coefficient (Wildman–Crippen LogP) is 4.26. The van der Waals surface area contributed by atoms with Gasteiger partial charge < -0.3 is 15.0 Å². The topological polar surface area (TPSA) is 50.3 Å². The third kappa shape index (κ3) is 5.21. The van der Waals surface area contributed by atoms with E-state index >= 15 is 0 Å². The van der Waals surface area contributed by atoms with Crippen molar-refractivity contribution in [3.63, 3.8) is 0 Å². The molecular weight excluding hydrogens is 350 g/mol. The molecule has 0 aliphatic carbocycles. The first kappa shape index (κ1) is 18.7. The highest BCUT2D eigenvalue weighted by molar-refractivity contribution is 5.32. The first-order valence-electron chi connectivity index (χ1n) is 8.43. The van der Waals surface area contributed by atoms with Crippen LogP contribution < -0.4 is 10.1 Å². The van der Waals surface area contributed by atoms with Crippen molar-refractivity contribution in [2.45, 2.75) is 6.04 Å². The molecule has 140 valence electrons. The summed E-state index contributed by atoms with van der Waals surface area (Å²) in [5.41, 5.74) is 0.853. The fourth-order valence-electron chi connectivity index (χ4n) is 2.61. The van der Waals surface area contributed by atoms with Crippen LogP contribution in [0.25, 0.3) is 0 Å². The summed E-state index contributed by atoms with van der Waals surface area (Å²) in [6, 6.07) is 13.7. The van der Waals surface area contributed by atoms with E-state index in [1.807, 2.05) is 25.1 Å². The van der Waals surface area contributed by atoms with E-state index in [4.69, 9.17) is 4.74 Å².